The molecule has 0 spiro atoms. The number of benzene rings is 1. The van der Waals surface area contributed by atoms with Crippen molar-refractivity contribution in [1.29, 1.82) is 0 Å². The lowest BCUT2D eigenvalue weighted by Gasteiger charge is -2.22. The quantitative estimate of drug-likeness (QED) is 0.688. The third-order valence-corrected chi connectivity index (χ3v) is 4.89. The minimum atomic E-state index is -0.00167. The van der Waals surface area contributed by atoms with Crippen LogP contribution in [-0.2, 0) is 11.4 Å². The summed E-state index contributed by atoms with van der Waals surface area (Å²) in [5, 5.41) is 6.25. The molecule has 0 aliphatic carbocycles. The number of nitrogens with one attached hydrogen (secondary N) is 2. The summed E-state index contributed by atoms with van der Waals surface area (Å²) in [6.45, 7) is 2.01. The molecule has 146 valence electrons. The van der Waals surface area contributed by atoms with Crippen LogP contribution in [0.5, 0.6) is 11.5 Å². The van der Waals surface area contributed by atoms with E-state index in [1.165, 1.54) is 0 Å². The standard InChI is InChI=1S/C21H24N4O3/c1-27-18-8-7-16(24-21(26)15-5-4-9-22-12-15)11-19(18)28-14-17-13-25-10-3-2-6-20(25)23-17/h2-3,6-8,10-11,13,15,22H,4-5,9,12,14H2,1H3,(H,24,26). The maximum atomic E-state index is 12.5. The molecule has 0 saturated carbocycles. The van der Waals surface area contributed by atoms with Crippen LogP contribution in [0.1, 0.15) is 18.5 Å². The molecule has 3 aromatic rings. The Morgan fingerprint density at radius 1 is 1.32 bits per heavy atom. The van der Waals surface area contributed by atoms with Crippen LogP contribution in [0.2, 0.25) is 0 Å². The summed E-state index contributed by atoms with van der Waals surface area (Å²) in [6.07, 6.45) is 5.81. The number of aromatic nitrogens is 2. The summed E-state index contributed by atoms with van der Waals surface area (Å²) in [7, 11) is 1.60. The van der Waals surface area contributed by atoms with Crippen molar-refractivity contribution in [1.82, 2.24) is 14.7 Å². The van der Waals surface area contributed by atoms with Crippen molar-refractivity contribution in [2.75, 3.05) is 25.5 Å². The number of nitrogens with zero attached hydrogens (tertiary/aromatic N) is 2. The van der Waals surface area contributed by atoms with Gasteiger partial charge in [-0.2, -0.15) is 0 Å². The number of piperidine rings is 1. The molecule has 2 N–H and O–H groups in total. The van der Waals surface area contributed by atoms with Crippen molar-refractivity contribution in [2.45, 2.75) is 19.4 Å². The van der Waals surface area contributed by atoms with Gasteiger partial charge in [0.2, 0.25) is 5.91 Å². The Morgan fingerprint density at radius 2 is 2.25 bits per heavy atom. The van der Waals surface area contributed by atoms with E-state index in [0.29, 0.717) is 23.8 Å². The van der Waals surface area contributed by atoms with Crippen molar-refractivity contribution in [3.63, 3.8) is 0 Å². The number of anilines is 1. The molecule has 0 bridgehead atoms. The molecule has 1 unspecified atom stereocenters. The van der Waals surface area contributed by atoms with E-state index >= 15 is 0 Å². The number of hydrogen-bond acceptors (Lipinski definition) is 5. The largest absolute Gasteiger partial charge is 0.493 e. The van der Waals surface area contributed by atoms with Crippen molar-refractivity contribution in [3.05, 3.63) is 54.5 Å². The maximum absolute atomic E-state index is 12.5. The zero-order valence-electron chi connectivity index (χ0n) is 15.9. The van der Waals surface area contributed by atoms with Crippen LogP contribution < -0.4 is 20.1 Å². The smallest absolute Gasteiger partial charge is 0.228 e. The number of pyridine rings is 1. The number of amides is 1. The number of rotatable bonds is 6. The van der Waals surface area contributed by atoms with Gasteiger partial charge in [-0.3, -0.25) is 4.79 Å². The lowest BCUT2D eigenvalue weighted by Crippen LogP contribution is -2.37. The van der Waals surface area contributed by atoms with E-state index in [0.717, 1.165) is 37.3 Å². The number of carbonyl (C=O) groups excluding carboxylic acids is 1. The Balaban J connectivity index is 1.46. The van der Waals surface area contributed by atoms with E-state index in [2.05, 4.69) is 15.6 Å². The van der Waals surface area contributed by atoms with Crippen molar-refractivity contribution in [3.8, 4) is 11.5 Å². The second-order valence-corrected chi connectivity index (χ2v) is 6.89. The van der Waals surface area contributed by atoms with E-state index in [1.54, 1.807) is 19.2 Å². The van der Waals surface area contributed by atoms with Gasteiger partial charge in [0.05, 0.1) is 18.7 Å². The van der Waals surface area contributed by atoms with Crippen molar-refractivity contribution >= 4 is 17.2 Å². The molecule has 7 heteroatoms. The highest BCUT2D eigenvalue weighted by atomic mass is 16.5. The Hall–Kier alpha value is -3.06. The first kappa shape index (κ1) is 18.3. The van der Waals surface area contributed by atoms with Gasteiger partial charge in [0.15, 0.2) is 11.5 Å². The fraction of sp³-hybridized carbons (Fsp3) is 0.333. The van der Waals surface area contributed by atoms with Gasteiger partial charge < -0.3 is 24.5 Å². The zero-order chi connectivity index (χ0) is 19.3. The molecule has 4 rings (SSSR count). The normalized spacial score (nSPS) is 16.7. The predicted molar refractivity (Wildman–Crippen MR) is 107 cm³/mol. The number of hydrogen-bond donors (Lipinski definition) is 2. The average molecular weight is 380 g/mol. The fourth-order valence-electron chi connectivity index (χ4n) is 3.40. The molecule has 1 aromatic carbocycles. The lowest BCUT2D eigenvalue weighted by atomic mass is 9.99. The number of methoxy groups -OCH3 is 1. The molecule has 1 aliphatic heterocycles. The number of fused-ring (bicyclic) bond motifs is 1. The minimum Gasteiger partial charge on any atom is -0.493 e. The molecule has 1 fully saturated rings. The summed E-state index contributed by atoms with van der Waals surface area (Å²) in [5.74, 6) is 1.21. The highest BCUT2D eigenvalue weighted by Gasteiger charge is 2.21. The van der Waals surface area contributed by atoms with E-state index in [9.17, 15) is 4.79 Å². The third kappa shape index (κ3) is 4.09. The first-order valence-electron chi connectivity index (χ1n) is 9.48. The first-order valence-corrected chi connectivity index (χ1v) is 9.48. The number of ether oxygens (including phenoxy) is 2. The first-order chi connectivity index (χ1) is 13.7. The highest BCUT2D eigenvalue weighted by Crippen LogP contribution is 2.31. The summed E-state index contributed by atoms with van der Waals surface area (Å²) in [6, 6.07) is 11.3. The molecule has 7 nitrogen and oxygen atoms in total. The molecule has 28 heavy (non-hydrogen) atoms. The van der Waals surface area contributed by atoms with Crippen molar-refractivity contribution in [2.24, 2.45) is 5.92 Å². The summed E-state index contributed by atoms with van der Waals surface area (Å²) < 4.78 is 13.3. The van der Waals surface area contributed by atoms with Crippen LogP contribution in [0.15, 0.2) is 48.8 Å². The molecular formula is C21H24N4O3. The van der Waals surface area contributed by atoms with Gasteiger partial charge in [-0.1, -0.05) is 6.07 Å². The Bertz CT molecular complexity index is 930. The summed E-state index contributed by atoms with van der Waals surface area (Å²) >= 11 is 0. The summed E-state index contributed by atoms with van der Waals surface area (Å²) in [4.78, 5) is 17.0. The molecule has 2 aromatic heterocycles. The van der Waals surface area contributed by atoms with Gasteiger partial charge >= 0.3 is 0 Å². The Labute approximate surface area is 163 Å². The van der Waals surface area contributed by atoms with Gasteiger partial charge in [-0.25, -0.2) is 4.98 Å². The highest BCUT2D eigenvalue weighted by molar-refractivity contribution is 5.93. The zero-order valence-corrected chi connectivity index (χ0v) is 15.9. The lowest BCUT2D eigenvalue weighted by molar-refractivity contribution is -0.120. The van der Waals surface area contributed by atoms with Gasteiger partial charge in [-0.05, 0) is 43.7 Å². The average Bonchev–Trinajstić information content (AvgIpc) is 3.16. The number of imidazole rings is 1. The second-order valence-electron chi connectivity index (χ2n) is 6.89. The van der Waals surface area contributed by atoms with Gasteiger partial charge in [0.25, 0.3) is 0 Å². The number of carbonyl (C=O) groups is 1. The van der Waals surface area contributed by atoms with Gasteiger partial charge in [0, 0.05) is 30.7 Å². The topological polar surface area (TPSA) is 76.9 Å². The third-order valence-electron chi connectivity index (χ3n) is 4.89. The molecular weight excluding hydrogens is 356 g/mol. The molecule has 1 saturated heterocycles. The molecule has 1 amide bonds. The minimum absolute atomic E-state index is 0.00167. The van der Waals surface area contributed by atoms with Gasteiger partial charge in [0.1, 0.15) is 12.3 Å². The van der Waals surface area contributed by atoms with E-state index < -0.39 is 0 Å². The van der Waals surface area contributed by atoms with Crippen molar-refractivity contribution < 1.29 is 14.3 Å². The monoisotopic (exact) mass is 380 g/mol. The van der Waals surface area contributed by atoms with Crippen LogP contribution in [0.4, 0.5) is 5.69 Å². The fourth-order valence-corrected chi connectivity index (χ4v) is 3.40. The van der Waals surface area contributed by atoms with E-state index in [1.807, 2.05) is 41.1 Å². The van der Waals surface area contributed by atoms with Crippen LogP contribution in [0, 0.1) is 5.92 Å². The predicted octanol–water partition coefficient (Wildman–Crippen LogP) is 2.86. The molecule has 1 aliphatic rings. The maximum Gasteiger partial charge on any atom is 0.228 e. The molecule has 1 atom stereocenters. The summed E-state index contributed by atoms with van der Waals surface area (Å²) in [5.41, 5.74) is 2.38. The molecule has 0 radical (unpaired) electrons. The van der Waals surface area contributed by atoms with E-state index in [4.69, 9.17) is 9.47 Å². The van der Waals surface area contributed by atoms with Crippen LogP contribution in [-0.4, -0.2) is 35.5 Å². The second kappa shape index (κ2) is 8.31. The Morgan fingerprint density at radius 3 is 3.04 bits per heavy atom. The molecule has 3 heterocycles. The van der Waals surface area contributed by atoms with E-state index in [-0.39, 0.29) is 11.8 Å². The van der Waals surface area contributed by atoms with Crippen LogP contribution in [0.25, 0.3) is 5.65 Å². The Kier molecular flexibility index (Phi) is 5.43. The van der Waals surface area contributed by atoms with Crippen LogP contribution >= 0.6 is 0 Å². The van der Waals surface area contributed by atoms with Gasteiger partial charge in [-0.15, -0.1) is 0 Å². The van der Waals surface area contributed by atoms with Crippen LogP contribution in [0.3, 0.4) is 0 Å². The SMILES string of the molecule is COc1ccc(NC(=O)C2CCCNC2)cc1OCc1cn2ccccc2n1.